The maximum Gasteiger partial charge on any atom is 0.248 e. The molecule has 1 N–H and O–H groups in total. The molecule has 43 heavy (non-hydrogen) atoms. The fourth-order valence-corrected chi connectivity index (χ4v) is 9.24. The van der Waals surface area contributed by atoms with Crippen molar-refractivity contribution >= 4 is 46.2 Å². The Labute approximate surface area is 254 Å². The maximum atomic E-state index is 14.7. The zero-order valence-corrected chi connectivity index (χ0v) is 24.9. The number of hydrogen-bond donors (Lipinski definition) is 1. The first-order chi connectivity index (χ1) is 20.9. The Kier molecular flexibility index (Phi) is 6.89. The third-order valence-electron chi connectivity index (χ3n) is 9.29. The molecule has 2 aromatic carbocycles. The van der Waals surface area contributed by atoms with E-state index in [2.05, 4.69) is 10.3 Å². The number of aliphatic hydroxyl groups excluding tert-OH is 1. The quantitative estimate of drug-likeness (QED) is 0.435. The Hall–Kier alpha value is -3.96. The van der Waals surface area contributed by atoms with E-state index < -0.39 is 28.7 Å². The van der Waals surface area contributed by atoms with Crippen LogP contribution in [0.2, 0.25) is 0 Å². The first-order valence-electron chi connectivity index (χ1n) is 14.7. The van der Waals surface area contributed by atoms with Crippen LogP contribution >= 0.6 is 11.8 Å². The number of fused-ring (bicyclic) bond motifs is 3. The number of rotatable bonds is 6. The van der Waals surface area contributed by atoms with Crippen LogP contribution in [0.5, 0.6) is 0 Å². The largest absolute Gasteiger partial charge is 0.394 e. The normalized spacial score (nSPS) is 29.2. The first-order valence-corrected chi connectivity index (χ1v) is 15.6. The second-order valence-electron chi connectivity index (χ2n) is 12.0. The van der Waals surface area contributed by atoms with Crippen molar-refractivity contribution in [2.24, 2.45) is 17.8 Å². The minimum Gasteiger partial charge on any atom is -0.394 e. The van der Waals surface area contributed by atoms with Crippen LogP contribution < -0.4 is 4.90 Å². The minimum atomic E-state index is -0.968. The van der Waals surface area contributed by atoms with E-state index in [1.165, 1.54) is 0 Å². The highest BCUT2D eigenvalue weighted by atomic mass is 32.2. The molecule has 7 rings (SSSR count). The highest BCUT2D eigenvalue weighted by Crippen LogP contribution is 2.61. The van der Waals surface area contributed by atoms with Crippen molar-refractivity contribution < 1.29 is 19.5 Å². The molecule has 1 unspecified atom stereocenters. The number of likely N-dealkylation sites (tertiary alicyclic amines) is 1. The molecule has 0 saturated carbocycles. The summed E-state index contributed by atoms with van der Waals surface area (Å²) in [6.07, 6.45) is 7.98. The number of thioether (sulfide) groups is 1. The lowest BCUT2D eigenvalue weighted by molar-refractivity contribution is -0.147. The molecule has 10 nitrogen and oxygen atoms in total. The van der Waals surface area contributed by atoms with Gasteiger partial charge < -0.3 is 19.8 Å². The van der Waals surface area contributed by atoms with Gasteiger partial charge in [-0.2, -0.15) is 0 Å². The Morgan fingerprint density at radius 1 is 0.977 bits per heavy atom. The van der Waals surface area contributed by atoms with E-state index in [0.717, 1.165) is 16.7 Å². The number of amides is 3. The van der Waals surface area contributed by atoms with Gasteiger partial charge in [0.25, 0.3) is 0 Å². The van der Waals surface area contributed by atoms with E-state index in [1.807, 2.05) is 92.7 Å². The van der Waals surface area contributed by atoms with Gasteiger partial charge in [-0.3, -0.25) is 14.4 Å². The Morgan fingerprint density at radius 3 is 2.51 bits per heavy atom. The minimum absolute atomic E-state index is 0.107. The van der Waals surface area contributed by atoms with Crippen LogP contribution in [0.1, 0.15) is 13.8 Å². The standard InChI is InChI=1S/C32H34N6O4S/c1-20(2)24(18-39)38-28-31(42)35(19-37-23-13-7-6-12-22(23)33-34-37)16-9-15-32(28)27(30(38)41)26-25(43-32)14-8-17-36(29(26)40)21-10-4-3-5-11-21/h3-15,20,24-28,39H,16-19H2,1-2H3/t24-,25+,26-,27-,28?,32-/m0/s1. The summed E-state index contributed by atoms with van der Waals surface area (Å²) in [5.41, 5.74) is 2.31. The highest BCUT2D eigenvalue weighted by molar-refractivity contribution is 8.02. The maximum absolute atomic E-state index is 14.7. The average molecular weight is 599 g/mol. The van der Waals surface area contributed by atoms with Crippen LogP contribution in [0.3, 0.4) is 0 Å². The molecule has 222 valence electrons. The predicted molar refractivity (Wildman–Crippen MR) is 164 cm³/mol. The number of hydrogen-bond acceptors (Lipinski definition) is 7. The molecule has 5 heterocycles. The fraction of sp³-hybridized carbons (Fsp3) is 0.406. The van der Waals surface area contributed by atoms with E-state index in [-0.39, 0.29) is 42.2 Å². The summed E-state index contributed by atoms with van der Waals surface area (Å²) in [6.45, 7) is 4.50. The number of carbonyl (C=O) groups excluding carboxylic acids is 3. The van der Waals surface area contributed by atoms with E-state index >= 15 is 0 Å². The molecule has 11 heteroatoms. The lowest BCUT2D eigenvalue weighted by Gasteiger charge is -2.39. The van der Waals surface area contributed by atoms with Crippen molar-refractivity contribution in [3.63, 3.8) is 0 Å². The van der Waals surface area contributed by atoms with Crippen LogP contribution in [0.15, 0.2) is 78.9 Å². The molecule has 1 spiro atoms. The van der Waals surface area contributed by atoms with Crippen LogP contribution in [0, 0.1) is 17.8 Å². The van der Waals surface area contributed by atoms with E-state index in [0.29, 0.717) is 13.1 Å². The smallest absolute Gasteiger partial charge is 0.248 e. The van der Waals surface area contributed by atoms with Gasteiger partial charge in [-0.25, -0.2) is 4.68 Å². The van der Waals surface area contributed by atoms with Crippen molar-refractivity contribution in [1.29, 1.82) is 0 Å². The summed E-state index contributed by atoms with van der Waals surface area (Å²) < 4.78 is 0.726. The number of para-hydroxylation sites is 2. The zero-order valence-electron chi connectivity index (χ0n) is 24.1. The number of nitrogens with zero attached hydrogens (tertiary/aromatic N) is 6. The number of benzene rings is 2. The zero-order chi connectivity index (χ0) is 29.9. The van der Waals surface area contributed by atoms with Crippen molar-refractivity contribution in [1.82, 2.24) is 24.8 Å². The molecule has 4 aliphatic rings. The van der Waals surface area contributed by atoms with Crippen molar-refractivity contribution in [2.75, 3.05) is 24.6 Å². The molecule has 0 bridgehead atoms. The molecular formula is C32H34N6O4S. The topological polar surface area (TPSA) is 112 Å². The van der Waals surface area contributed by atoms with E-state index in [9.17, 15) is 19.5 Å². The number of anilines is 1. The molecular weight excluding hydrogens is 564 g/mol. The summed E-state index contributed by atoms with van der Waals surface area (Å²) in [6, 6.07) is 15.6. The van der Waals surface area contributed by atoms with Crippen LogP contribution in [0.4, 0.5) is 5.69 Å². The van der Waals surface area contributed by atoms with Gasteiger partial charge in [-0.15, -0.1) is 16.9 Å². The van der Waals surface area contributed by atoms with Gasteiger partial charge in [0, 0.05) is 24.0 Å². The van der Waals surface area contributed by atoms with Crippen LogP contribution in [-0.2, 0) is 21.1 Å². The molecule has 2 saturated heterocycles. The fourth-order valence-electron chi connectivity index (χ4n) is 7.25. The first kappa shape index (κ1) is 27.8. The summed E-state index contributed by atoms with van der Waals surface area (Å²) in [5, 5.41) is 18.8. The number of aliphatic hydroxyl groups is 1. The molecule has 3 aromatic rings. The molecule has 1 aromatic heterocycles. The Morgan fingerprint density at radius 2 is 1.74 bits per heavy atom. The van der Waals surface area contributed by atoms with Gasteiger partial charge in [0.2, 0.25) is 17.7 Å². The van der Waals surface area contributed by atoms with Crippen molar-refractivity contribution in [3.8, 4) is 0 Å². The monoisotopic (exact) mass is 598 g/mol. The predicted octanol–water partition coefficient (Wildman–Crippen LogP) is 2.70. The number of aromatic nitrogens is 3. The third-order valence-corrected chi connectivity index (χ3v) is 11.0. The van der Waals surface area contributed by atoms with Crippen molar-refractivity contribution in [2.45, 2.75) is 42.6 Å². The average Bonchev–Trinajstić information content (AvgIpc) is 3.56. The summed E-state index contributed by atoms with van der Waals surface area (Å²) in [7, 11) is 0. The Bertz CT molecular complexity index is 1640. The van der Waals surface area contributed by atoms with Crippen LogP contribution in [0.25, 0.3) is 11.0 Å². The van der Waals surface area contributed by atoms with E-state index in [1.54, 1.807) is 31.1 Å². The van der Waals surface area contributed by atoms with Gasteiger partial charge in [0.15, 0.2) is 0 Å². The SMILES string of the molecule is CC(C)[C@H](CO)N1C(=O)[C@@H]2[C@H]3C(=O)N(c4ccccc4)CC=C[C@H]3S[C@@]23C=CCN(Cn2nnc4ccccc42)C(=O)C13. The molecule has 3 amide bonds. The second kappa shape index (κ2) is 10.6. The van der Waals surface area contributed by atoms with Gasteiger partial charge in [-0.1, -0.05) is 73.7 Å². The lowest BCUT2D eigenvalue weighted by Crippen LogP contribution is -2.57. The lowest BCUT2D eigenvalue weighted by atomic mass is 9.78. The van der Waals surface area contributed by atoms with Gasteiger partial charge in [0.05, 0.1) is 34.7 Å². The number of carbonyl (C=O) groups is 3. The van der Waals surface area contributed by atoms with Gasteiger partial charge >= 0.3 is 0 Å². The molecule has 4 aliphatic heterocycles. The van der Waals surface area contributed by atoms with Gasteiger partial charge in [0.1, 0.15) is 18.2 Å². The molecule has 0 aliphatic carbocycles. The highest BCUT2D eigenvalue weighted by Gasteiger charge is 2.72. The van der Waals surface area contributed by atoms with Crippen LogP contribution in [-0.4, -0.2) is 89.4 Å². The van der Waals surface area contributed by atoms with E-state index in [4.69, 9.17) is 0 Å². The Balaban J connectivity index is 1.31. The van der Waals surface area contributed by atoms with Crippen molar-refractivity contribution in [3.05, 3.63) is 78.9 Å². The summed E-state index contributed by atoms with van der Waals surface area (Å²) in [5.74, 6) is -2.11. The molecule has 6 atom stereocenters. The summed E-state index contributed by atoms with van der Waals surface area (Å²) >= 11 is 1.54. The third kappa shape index (κ3) is 4.23. The molecule has 0 radical (unpaired) electrons. The summed E-state index contributed by atoms with van der Waals surface area (Å²) in [4.78, 5) is 48.7. The molecule has 2 fully saturated rings. The second-order valence-corrected chi connectivity index (χ2v) is 13.5. The van der Waals surface area contributed by atoms with Gasteiger partial charge in [-0.05, 0) is 30.2 Å².